The number of methoxy groups -OCH3 is 1. The molecule has 0 unspecified atom stereocenters. The molecule has 0 radical (unpaired) electrons. The normalized spacial score (nSPS) is 10.5. The predicted octanol–water partition coefficient (Wildman–Crippen LogP) is 6.32. The van der Waals surface area contributed by atoms with Crippen LogP contribution in [0.15, 0.2) is 40.9 Å². The van der Waals surface area contributed by atoms with Crippen LogP contribution in [0.4, 0.5) is 5.69 Å². The van der Waals surface area contributed by atoms with Gasteiger partial charge in [-0.1, -0.05) is 37.8 Å². The summed E-state index contributed by atoms with van der Waals surface area (Å²) in [5.74, 6) is 1.08. The molecule has 26 heavy (non-hydrogen) atoms. The summed E-state index contributed by atoms with van der Waals surface area (Å²) in [5.41, 5.74) is 1.13. The highest BCUT2D eigenvalue weighted by molar-refractivity contribution is 9.10. The van der Waals surface area contributed by atoms with Gasteiger partial charge in [0, 0.05) is 11.3 Å². The fraction of sp³-hybridized carbons (Fsp3) is 0.350. The van der Waals surface area contributed by atoms with Crippen molar-refractivity contribution in [1.82, 2.24) is 0 Å². The summed E-state index contributed by atoms with van der Waals surface area (Å²) in [6.07, 6.45) is 4.62. The molecule has 4 nitrogen and oxygen atoms in total. The highest BCUT2D eigenvalue weighted by Gasteiger charge is 2.11. The SMILES string of the molecule is CCCCCCOc1ccc(C(=O)Nc2ccc(OC)c(Cl)c2)cc1Br. The fourth-order valence-corrected chi connectivity index (χ4v) is 3.17. The lowest BCUT2D eigenvalue weighted by Gasteiger charge is -2.11. The molecule has 0 saturated heterocycles. The first kappa shape index (κ1) is 20.6. The van der Waals surface area contributed by atoms with E-state index in [2.05, 4.69) is 28.2 Å². The number of benzene rings is 2. The van der Waals surface area contributed by atoms with Crippen LogP contribution in [-0.2, 0) is 0 Å². The van der Waals surface area contributed by atoms with Gasteiger partial charge in [-0.3, -0.25) is 4.79 Å². The van der Waals surface area contributed by atoms with Crippen LogP contribution in [0.5, 0.6) is 11.5 Å². The smallest absolute Gasteiger partial charge is 0.255 e. The molecule has 2 aromatic rings. The lowest BCUT2D eigenvalue weighted by molar-refractivity contribution is 0.102. The van der Waals surface area contributed by atoms with E-state index >= 15 is 0 Å². The fourth-order valence-electron chi connectivity index (χ4n) is 2.42. The Morgan fingerprint density at radius 3 is 2.54 bits per heavy atom. The predicted molar refractivity (Wildman–Crippen MR) is 110 cm³/mol. The molecule has 0 aliphatic carbocycles. The number of rotatable bonds is 9. The van der Waals surface area contributed by atoms with Crippen molar-refractivity contribution in [2.24, 2.45) is 0 Å². The Morgan fingerprint density at radius 2 is 1.88 bits per heavy atom. The first-order valence-electron chi connectivity index (χ1n) is 8.62. The van der Waals surface area contributed by atoms with Gasteiger partial charge in [0.05, 0.1) is 23.2 Å². The maximum Gasteiger partial charge on any atom is 0.255 e. The number of ether oxygens (including phenoxy) is 2. The first-order chi connectivity index (χ1) is 12.5. The monoisotopic (exact) mass is 439 g/mol. The third kappa shape index (κ3) is 5.92. The van der Waals surface area contributed by atoms with Crippen LogP contribution >= 0.6 is 27.5 Å². The van der Waals surface area contributed by atoms with Crippen LogP contribution in [0, 0.1) is 0 Å². The van der Waals surface area contributed by atoms with Gasteiger partial charge in [-0.2, -0.15) is 0 Å². The molecule has 0 saturated carbocycles. The molecule has 0 aliphatic heterocycles. The van der Waals surface area contributed by atoms with Gasteiger partial charge in [0.1, 0.15) is 11.5 Å². The molecule has 2 aromatic carbocycles. The zero-order chi connectivity index (χ0) is 18.9. The minimum Gasteiger partial charge on any atom is -0.495 e. The summed E-state index contributed by atoms with van der Waals surface area (Å²) in [7, 11) is 1.55. The second-order valence-electron chi connectivity index (χ2n) is 5.86. The molecular weight excluding hydrogens is 418 g/mol. The van der Waals surface area contributed by atoms with Crippen LogP contribution in [0.2, 0.25) is 5.02 Å². The lowest BCUT2D eigenvalue weighted by Crippen LogP contribution is -2.12. The molecule has 0 atom stereocenters. The minimum atomic E-state index is -0.221. The molecule has 6 heteroatoms. The second-order valence-corrected chi connectivity index (χ2v) is 7.12. The molecule has 0 fully saturated rings. The number of hydrogen-bond donors (Lipinski definition) is 1. The van der Waals surface area contributed by atoms with Gasteiger partial charge in [0.25, 0.3) is 5.91 Å². The lowest BCUT2D eigenvalue weighted by atomic mass is 10.2. The first-order valence-corrected chi connectivity index (χ1v) is 9.79. The standard InChI is InChI=1S/C20H23BrClNO3/c1-3-4-5-6-11-26-18-9-7-14(12-16(18)21)20(24)23-15-8-10-19(25-2)17(22)13-15/h7-10,12-13H,3-6,11H2,1-2H3,(H,23,24). The van der Waals surface area contributed by atoms with Crippen molar-refractivity contribution >= 4 is 39.1 Å². The molecular formula is C20H23BrClNO3. The number of anilines is 1. The molecule has 0 aromatic heterocycles. The Bertz CT molecular complexity index is 752. The number of halogens is 2. The summed E-state index contributed by atoms with van der Waals surface area (Å²) in [4.78, 5) is 12.4. The third-order valence-corrected chi connectivity index (χ3v) is 4.77. The molecule has 0 bridgehead atoms. The van der Waals surface area contributed by atoms with Crippen molar-refractivity contribution in [2.75, 3.05) is 19.0 Å². The van der Waals surface area contributed by atoms with Crippen LogP contribution in [0.1, 0.15) is 43.0 Å². The Kier molecular flexibility index (Phi) is 8.26. The van der Waals surface area contributed by atoms with Crippen LogP contribution in [0.25, 0.3) is 0 Å². The van der Waals surface area contributed by atoms with Gasteiger partial charge >= 0.3 is 0 Å². The van der Waals surface area contributed by atoms with E-state index in [1.807, 2.05) is 0 Å². The second kappa shape index (κ2) is 10.4. The van der Waals surface area contributed by atoms with Gasteiger partial charge in [-0.05, 0) is 58.7 Å². The Labute approximate surface area is 168 Å². The van der Waals surface area contributed by atoms with Gasteiger partial charge in [-0.25, -0.2) is 0 Å². The Balaban J connectivity index is 1.97. The summed E-state index contributed by atoms with van der Waals surface area (Å²) in [6, 6.07) is 10.4. The van der Waals surface area contributed by atoms with E-state index in [0.29, 0.717) is 28.6 Å². The van der Waals surface area contributed by atoms with E-state index in [0.717, 1.165) is 16.6 Å². The van der Waals surface area contributed by atoms with Crippen LogP contribution < -0.4 is 14.8 Å². The third-order valence-electron chi connectivity index (χ3n) is 3.86. The number of carbonyl (C=O) groups is 1. The van der Waals surface area contributed by atoms with Crippen molar-refractivity contribution < 1.29 is 14.3 Å². The molecule has 140 valence electrons. The van der Waals surface area contributed by atoms with Crippen molar-refractivity contribution in [3.8, 4) is 11.5 Å². The van der Waals surface area contributed by atoms with Crippen molar-refractivity contribution in [1.29, 1.82) is 0 Å². The molecule has 1 amide bonds. The quantitative estimate of drug-likeness (QED) is 0.464. The number of unbranched alkanes of at least 4 members (excludes halogenated alkanes) is 3. The molecule has 0 spiro atoms. The Morgan fingerprint density at radius 1 is 1.12 bits per heavy atom. The molecule has 0 heterocycles. The Hall–Kier alpha value is -1.72. The van der Waals surface area contributed by atoms with E-state index in [-0.39, 0.29) is 5.91 Å². The minimum absolute atomic E-state index is 0.221. The van der Waals surface area contributed by atoms with E-state index in [1.165, 1.54) is 19.3 Å². The summed E-state index contributed by atoms with van der Waals surface area (Å²) < 4.78 is 11.6. The van der Waals surface area contributed by atoms with E-state index in [9.17, 15) is 4.79 Å². The molecule has 0 aliphatic rings. The zero-order valence-corrected chi connectivity index (χ0v) is 17.3. The summed E-state index contributed by atoms with van der Waals surface area (Å²) >= 11 is 9.56. The number of amides is 1. The van der Waals surface area contributed by atoms with Crippen molar-refractivity contribution in [3.63, 3.8) is 0 Å². The summed E-state index contributed by atoms with van der Waals surface area (Å²) in [6.45, 7) is 2.86. The van der Waals surface area contributed by atoms with Gasteiger partial charge < -0.3 is 14.8 Å². The van der Waals surface area contributed by atoms with Crippen LogP contribution in [-0.4, -0.2) is 19.6 Å². The highest BCUT2D eigenvalue weighted by atomic mass is 79.9. The molecule has 2 rings (SSSR count). The van der Waals surface area contributed by atoms with Gasteiger partial charge in [0.2, 0.25) is 0 Å². The number of nitrogens with one attached hydrogen (secondary N) is 1. The van der Waals surface area contributed by atoms with Crippen LogP contribution in [0.3, 0.4) is 0 Å². The van der Waals surface area contributed by atoms with E-state index in [1.54, 1.807) is 43.5 Å². The van der Waals surface area contributed by atoms with Gasteiger partial charge in [0.15, 0.2) is 0 Å². The average molecular weight is 441 g/mol. The number of hydrogen-bond acceptors (Lipinski definition) is 3. The highest BCUT2D eigenvalue weighted by Crippen LogP contribution is 2.29. The van der Waals surface area contributed by atoms with Crippen molar-refractivity contribution in [3.05, 3.63) is 51.5 Å². The van der Waals surface area contributed by atoms with E-state index in [4.69, 9.17) is 21.1 Å². The molecule has 1 N–H and O–H groups in total. The summed E-state index contributed by atoms with van der Waals surface area (Å²) in [5, 5.41) is 3.27. The van der Waals surface area contributed by atoms with E-state index < -0.39 is 0 Å². The van der Waals surface area contributed by atoms with Gasteiger partial charge in [-0.15, -0.1) is 0 Å². The maximum atomic E-state index is 12.4. The average Bonchev–Trinajstić information content (AvgIpc) is 2.62. The zero-order valence-electron chi connectivity index (χ0n) is 15.0. The topological polar surface area (TPSA) is 47.6 Å². The largest absolute Gasteiger partial charge is 0.495 e. The van der Waals surface area contributed by atoms with Crippen molar-refractivity contribution in [2.45, 2.75) is 32.6 Å². The maximum absolute atomic E-state index is 12.4. The number of carbonyl (C=O) groups excluding carboxylic acids is 1.